The molecule has 0 bridgehead atoms. The van der Waals surface area contributed by atoms with Crippen LogP contribution in [0.15, 0.2) is 6.07 Å². The lowest BCUT2D eigenvalue weighted by molar-refractivity contribution is 0.911. The molecule has 0 aliphatic rings. The fourth-order valence-electron chi connectivity index (χ4n) is 0.618. The Morgan fingerprint density at radius 3 is 2.56 bits per heavy atom. The van der Waals surface area contributed by atoms with Gasteiger partial charge in [-0.15, -0.1) is 0 Å². The molecule has 0 radical (unpaired) electrons. The van der Waals surface area contributed by atoms with Gasteiger partial charge in [0.25, 0.3) is 0 Å². The van der Waals surface area contributed by atoms with Gasteiger partial charge in [0, 0.05) is 18.8 Å². The molecule has 1 aromatic heterocycles. The molecule has 0 fully saturated rings. The second kappa shape index (κ2) is 2.61. The fourth-order valence-corrected chi connectivity index (χ4v) is 0.618. The van der Waals surface area contributed by atoms with Crippen molar-refractivity contribution in [2.75, 3.05) is 0 Å². The molecule has 0 aliphatic heterocycles. The van der Waals surface area contributed by atoms with Crippen molar-refractivity contribution in [1.29, 1.82) is 0 Å². The third-order valence-electron chi connectivity index (χ3n) is 1.11. The third kappa shape index (κ3) is 1.28. The average molecular weight is 126 g/mol. The highest BCUT2D eigenvalue weighted by atomic mass is 15.1. The van der Waals surface area contributed by atoms with Crippen LogP contribution >= 0.6 is 0 Å². The molecule has 1 rings (SSSR count). The Morgan fingerprint density at radius 2 is 2.22 bits per heavy atom. The summed E-state index contributed by atoms with van der Waals surface area (Å²) in [6.45, 7) is 0.962. The van der Waals surface area contributed by atoms with Crippen LogP contribution in [-0.4, -0.2) is 10.2 Å². The zero-order valence-electron chi connectivity index (χ0n) is 5.09. The van der Waals surface area contributed by atoms with Crippen LogP contribution in [0.1, 0.15) is 11.4 Å². The number of nitrogens with zero attached hydrogens (tertiary/aromatic N) is 1. The molecule has 5 N–H and O–H groups in total. The number of aromatic nitrogens is 2. The van der Waals surface area contributed by atoms with Crippen molar-refractivity contribution in [3.8, 4) is 0 Å². The average Bonchev–Trinajstić information content (AvgIpc) is 2.34. The first kappa shape index (κ1) is 6.25. The molecule has 0 atom stereocenters. The van der Waals surface area contributed by atoms with E-state index in [1.807, 2.05) is 6.07 Å². The molecular formula is C5H10N4. The normalized spacial score (nSPS) is 10.0. The zero-order valence-corrected chi connectivity index (χ0v) is 5.09. The summed E-state index contributed by atoms with van der Waals surface area (Å²) in [4.78, 5) is 0. The van der Waals surface area contributed by atoms with Crippen LogP contribution < -0.4 is 11.5 Å². The molecule has 50 valence electrons. The largest absolute Gasteiger partial charge is 0.325 e. The number of hydrogen-bond acceptors (Lipinski definition) is 3. The predicted molar refractivity (Wildman–Crippen MR) is 34.4 cm³/mol. The molecule has 4 heteroatoms. The number of nitrogens with two attached hydrogens (primary N) is 2. The Morgan fingerprint density at radius 1 is 1.44 bits per heavy atom. The summed E-state index contributed by atoms with van der Waals surface area (Å²) in [5.41, 5.74) is 12.4. The van der Waals surface area contributed by atoms with Crippen molar-refractivity contribution in [1.82, 2.24) is 10.2 Å². The van der Waals surface area contributed by atoms with Gasteiger partial charge in [0.2, 0.25) is 0 Å². The molecule has 0 aliphatic carbocycles. The predicted octanol–water partition coefficient (Wildman–Crippen LogP) is -0.673. The zero-order chi connectivity index (χ0) is 6.69. The van der Waals surface area contributed by atoms with E-state index in [-0.39, 0.29) is 0 Å². The smallest absolute Gasteiger partial charge is 0.0761 e. The summed E-state index contributed by atoms with van der Waals surface area (Å²) >= 11 is 0. The number of rotatable bonds is 2. The SMILES string of the molecule is NCc1cc(CN)[nH]n1. The lowest BCUT2D eigenvalue weighted by Gasteiger charge is -1.81. The summed E-state index contributed by atoms with van der Waals surface area (Å²) in [5, 5.41) is 6.63. The van der Waals surface area contributed by atoms with Gasteiger partial charge in [-0.3, -0.25) is 5.10 Å². The topological polar surface area (TPSA) is 80.7 Å². The van der Waals surface area contributed by atoms with Gasteiger partial charge in [-0.1, -0.05) is 0 Å². The molecule has 0 spiro atoms. The maximum atomic E-state index is 5.31. The highest BCUT2D eigenvalue weighted by molar-refractivity contribution is 5.07. The van der Waals surface area contributed by atoms with Gasteiger partial charge in [-0.25, -0.2) is 0 Å². The van der Waals surface area contributed by atoms with Crippen LogP contribution in [0.25, 0.3) is 0 Å². The molecular weight excluding hydrogens is 116 g/mol. The summed E-state index contributed by atoms with van der Waals surface area (Å²) in [7, 11) is 0. The Labute approximate surface area is 53.2 Å². The van der Waals surface area contributed by atoms with E-state index < -0.39 is 0 Å². The molecule has 0 aromatic carbocycles. The maximum Gasteiger partial charge on any atom is 0.0761 e. The minimum atomic E-state index is 0.469. The Kier molecular flexibility index (Phi) is 1.81. The quantitative estimate of drug-likeness (QED) is 0.491. The molecule has 4 nitrogen and oxygen atoms in total. The van der Waals surface area contributed by atoms with E-state index in [1.54, 1.807) is 0 Å². The van der Waals surface area contributed by atoms with Gasteiger partial charge < -0.3 is 11.5 Å². The molecule has 9 heavy (non-hydrogen) atoms. The van der Waals surface area contributed by atoms with E-state index in [1.165, 1.54) is 0 Å². The lowest BCUT2D eigenvalue weighted by atomic mass is 10.3. The van der Waals surface area contributed by atoms with Crippen LogP contribution in [0.3, 0.4) is 0 Å². The monoisotopic (exact) mass is 126 g/mol. The van der Waals surface area contributed by atoms with Gasteiger partial charge >= 0.3 is 0 Å². The van der Waals surface area contributed by atoms with Gasteiger partial charge in [-0.05, 0) is 6.07 Å². The highest BCUT2D eigenvalue weighted by Crippen LogP contribution is 1.95. The number of hydrogen-bond donors (Lipinski definition) is 3. The second-order valence-corrected chi connectivity index (χ2v) is 1.79. The highest BCUT2D eigenvalue weighted by Gasteiger charge is 1.94. The molecule has 0 saturated heterocycles. The van der Waals surface area contributed by atoms with Gasteiger partial charge in [0.05, 0.1) is 5.69 Å². The van der Waals surface area contributed by atoms with E-state index in [9.17, 15) is 0 Å². The van der Waals surface area contributed by atoms with Crippen LogP contribution in [0.4, 0.5) is 0 Å². The first-order valence-corrected chi connectivity index (χ1v) is 2.80. The van der Waals surface area contributed by atoms with Crippen molar-refractivity contribution >= 4 is 0 Å². The molecule has 1 aromatic rings. The van der Waals surface area contributed by atoms with Gasteiger partial charge in [0.1, 0.15) is 0 Å². The van der Waals surface area contributed by atoms with Crippen molar-refractivity contribution < 1.29 is 0 Å². The Bertz CT molecular complexity index is 162. The van der Waals surface area contributed by atoms with E-state index in [0.29, 0.717) is 13.1 Å². The van der Waals surface area contributed by atoms with Crippen molar-refractivity contribution in [3.63, 3.8) is 0 Å². The minimum absolute atomic E-state index is 0.469. The van der Waals surface area contributed by atoms with Crippen molar-refractivity contribution in [3.05, 3.63) is 17.5 Å². The first-order chi connectivity index (χ1) is 4.36. The Hall–Kier alpha value is -0.870. The van der Waals surface area contributed by atoms with E-state index in [2.05, 4.69) is 10.2 Å². The van der Waals surface area contributed by atoms with Crippen LogP contribution in [0.5, 0.6) is 0 Å². The minimum Gasteiger partial charge on any atom is -0.325 e. The van der Waals surface area contributed by atoms with Gasteiger partial charge in [-0.2, -0.15) is 5.10 Å². The molecule has 0 unspecified atom stereocenters. The van der Waals surface area contributed by atoms with Crippen molar-refractivity contribution in [2.24, 2.45) is 11.5 Å². The summed E-state index contributed by atoms with van der Waals surface area (Å²) in [6.07, 6.45) is 0. The molecule has 0 amide bonds. The third-order valence-corrected chi connectivity index (χ3v) is 1.11. The number of H-pyrrole nitrogens is 1. The fraction of sp³-hybridized carbons (Fsp3) is 0.400. The van der Waals surface area contributed by atoms with E-state index >= 15 is 0 Å². The summed E-state index contributed by atoms with van der Waals surface area (Å²) < 4.78 is 0. The van der Waals surface area contributed by atoms with E-state index in [4.69, 9.17) is 11.5 Å². The number of aromatic amines is 1. The van der Waals surface area contributed by atoms with Crippen LogP contribution in [0.2, 0.25) is 0 Å². The lowest BCUT2D eigenvalue weighted by Crippen LogP contribution is -1.96. The first-order valence-electron chi connectivity index (χ1n) is 2.80. The Balaban J connectivity index is 2.74. The standard InChI is InChI=1S/C5H10N4/c6-2-4-1-5(3-7)9-8-4/h1H,2-3,6-7H2,(H,8,9). The second-order valence-electron chi connectivity index (χ2n) is 1.79. The van der Waals surface area contributed by atoms with Crippen LogP contribution in [-0.2, 0) is 13.1 Å². The van der Waals surface area contributed by atoms with Crippen LogP contribution in [0, 0.1) is 0 Å². The maximum absolute atomic E-state index is 5.31. The molecule has 1 heterocycles. The summed E-state index contributed by atoms with van der Waals surface area (Å²) in [6, 6.07) is 1.86. The van der Waals surface area contributed by atoms with E-state index in [0.717, 1.165) is 11.4 Å². The van der Waals surface area contributed by atoms with Gasteiger partial charge in [0.15, 0.2) is 0 Å². The number of nitrogens with one attached hydrogen (secondary N) is 1. The summed E-state index contributed by atoms with van der Waals surface area (Å²) in [5.74, 6) is 0. The molecule has 0 saturated carbocycles. The van der Waals surface area contributed by atoms with Crippen molar-refractivity contribution in [2.45, 2.75) is 13.1 Å².